The lowest BCUT2D eigenvalue weighted by atomic mass is 10.0. The highest BCUT2D eigenvalue weighted by Crippen LogP contribution is 2.18. The third-order valence-corrected chi connectivity index (χ3v) is 4.20. The fourth-order valence-corrected chi connectivity index (χ4v) is 2.80. The highest BCUT2D eigenvalue weighted by Gasteiger charge is 2.14. The largest absolute Gasteiger partial charge is 0.388 e. The first kappa shape index (κ1) is 16.5. The van der Waals surface area contributed by atoms with Crippen LogP contribution in [0.1, 0.15) is 25.0 Å². The van der Waals surface area contributed by atoms with Crippen molar-refractivity contribution in [2.45, 2.75) is 30.4 Å². The summed E-state index contributed by atoms with van der Waals surface area (Å²) in [7, 11) is 0. The smallest absolute Gasteiger partial charge is 0.230 e. The van der Waals surface area contributed by atoms with Gasteiger partial charge < -0.3 is 10.4 Å². The maximum absolute atomic E-state index is 11.9. The fourth-order valence-electron chi connectivity index (χ4n) is 2.10. The summed E-state index contributed by atoms with van der Waals surface area (Å²) >= 11 is 1.47. The topological polar surface area (TPSA) is 62.2 Å². The monoisotopic (exact) mass is 316 g/mol. The van der Waals surface area contributed by atoms with Crippen molar-refractivity contribution >= 4 is 17.7 Å². The molecule has 0 spiro atoms. The van der Waals surface area contributed by atoms with Gasteiger partial charge in [0.25, 0.3) is 0 Å². The number of thioether (sulfide) groups is 1. The highest BCUT2D eigenvalue weighted by atomic mass is 32.2. The molecule has 0 aliphatic heterocycles. The summed E-state index contributed by atoms with van der Waals surface area (Å²) in [5.74, 6) is 0.324. The maximum atomic E-state index is 11.9. The van der Waals surface area contributed by atoms with E-state index >= 15 is 0 Å². The number of amides is 1. The Labute approximate surface area is 135 Å². The molecule has 0 aliphatic carbocycles. The van der Waals surface area contributed by atoms with Gasteiger partial charge in [-0.1, -0.05) is 30.3 Å². The van der Waals surface area contributed by atoms with E-state index < -0.39 is 6.10 Å². The van der Waals surface area contributed by atoms with Crippen LogP contribution >= 0.6 is 11.8 Å². The van der Waals surface area contributed by atoms with Gasteiger partial charge in [-0.15, -0.1) is 11.8 Å². The van der Waals surface area contributed by atoms with E-state index in [0.29, 0.717) is 12.2 Å². The van der Waals surface area contributed by atoms with Gasteiger partial charge in [0.15, 0.2) is 0 Å². The molecule has 0 aliphatic rings. The average Bonchev–Trinajstić information content (AvgIpc) is 2.54. The minimum atomic E-state index is -0.565. The van der Waals surface area contributed by atoms with Gasteiger partial charge in [-0.2, -0.15) is 0 Å². The Morgan fingerprint density at radius 2 is 1.91 bits per heavy atom. The predicted octanol–water partition coefficient (Wildman–Crippen LogP) is 2.80. The Kier molecular flexibility index (Phi) is 6.43. The van der Waals surface area contributed by atoms with Crippen molar-refractivity contribution in [1.82, 2.24) is 10.3 Å². The van der Waals surface area contributed by atoms with Gasteiger partial charge in [-0.05, 0) is 31.0 Å². The normalized spacial score (nSPS) is 13.4. The molecular weight excluding hydrogens is 296 g/mol. The first-order valence-corrected chi connectivity index (χ1v) is 8.19. The molecule has 1 heterocycles. The molecule has 2 rings (SSSR count). The molecule has 0 unspecified atom stereocenters. The van der Waals surface area contributed by atoms with Crippen molar-refractivity contribution in [3.63, 3.8) is 0 Å². The van der Waals surface area contributed by atoms with Gasteiger partial charge in [0.1, 0.15) is 0 Å². The molecule has 1 aromatic carbocycles. The molecule has 2 aromatic rings. The Hall–Kier alpha value is -1.85. The number of nitrogens with one attached hydrogen (secondary N) is 1. The number of aromatic nitrogens is 1. The average molecular weight is 316 g/mol. The van der Waals surface area contributed by atoms with Gasteiger partial charge in [-0.25, -0.2) is 0 Å². The zero-order valence-corrected chi connectivity index (χ0v) is 13.3. The number of pyridine rings is 1. The third-order valence-electron chi connectivity index (χ3n) is 3.19. The number of benzene rings is 1. The molecule has 0 bridgehead atoms. The number of rotatable bonds is 7. The van der Waals surface area contributed by atoms with E-state index in [9.17, 15) is 9.90 Å². The molecule has 116 valence electrons. The van der Waals surface area contributed by atoms with Crippen molar-refractivity contribution in [1.29, 1.82) is 0 Å². The van der Waals surface area contributed by atoms with E-state index in [1.54, 1.807) is 12.4 Å². The van der Waals surface area contributed by atoms with E-state index in [1.807, 2.05) is 49.4 Å². The quantitative estimate of drug-likeness (QED) is 0.771. The number of hydrogen-bond donors (Lipinski definition) is 2. The van der Waals surface area contributed by atoms with Crippen molar-refractivity contribution in [2.24, 2.45) is 0 Å². The Bertz CT molecular complexity index is 578. The summed E-state index contributed by atoms with van der Waals surface area (Å²) < 4.78 is 0. The summed E-state index contributed by atoms with van der Waals surface area (Å²) in [6, 6.07) is 13.1. The summed E-state index contributed by atoms with van der Waals surface area (Å²) in [5.41, 5.74) is 0.870. The minimum Gasteiger partial charge on any atom is -0.388 e. The van der Waals surface area contributed by atoms with Crippen molar-refractivity contribution in [2.75, 3.05) is 5.75 Å². The van der Waals surface area contributed by atoms with Gasteiger partial charge in [0.2, 0.25) is 5.91 Å². The number of aliphatic hydroxyl groups is 1. The number of nitrogens with zero attached hydrogens (tertiary/aromatic N) is 1. The van der Waals surface area contributed by atoms with Crippen molar-refractivity contribution < 1.29 is 9.90 Å². The van der Waals surface area contributed by atoms with Crippen LogP contribution < -0.4 is 5.32 Å². The molecule has 2 atom stereocenters. The maximum Gasteiger partial charge on any atom is 0.230 e. The zero-order chi connectivity index (χ0) is 15.8. The molecule has 2 N–H and O–H groups in total. The highest BCUT2D eigenvalue weighted by molar-refractivity contribution is 8.00. The second-order valence-corrected chi connectivity index (χ2v) is 6.15. The number of carbonyl (C=O) groups excluding carboxylic acids is 1. The van der Waals surface area contributed by atoms with Crippen LogP contribution in [0.2, 0.25) is 0 Å². The molecule has 5 heteroatoms. The van der Waals surface area contributed by atoms with Crippen LogP contribution in [0.15, 0.2) is 59.8 Å². The van der Waals surface area contributed by atoms with E-state index in [-0.39, 0.29) is 11.9 Å². The van der Waals surface area contributed by atoms with Crippen LogP contribution in [-0.2, 0) is 4.79 Å². The second-order valence-electron chi connectivity index (χ2n) is 5.10. The van der Waals surface area contributed by atoms with Crippen LogP contribution in [0, 0.1) is 0 Å². The summed E-state index contributed by atoms with van der Waals surface area (Å²) in [5, 5.41) is 13.1. The van der Waals surface area contributed by atoms with Crippen LogP contribution in [0.4, 0.5) is 0 Å². The third kappa shape index (κ3) is 5.50. The molecule has 0 fully saturated rings. The molecule has 0 saturated heterocycles. The number of aliphatic hydroxyl groups excluding tert-OH is 1. The number of hydrogen-bond acceptors (Lipinski definition) is 4. The zero-order valence-electron chi connectivity index (χ0n) is 12.5. The van der Waals surface area contributed by atoms with Crippen LogP contribution in [0.25, 0.3) is 0 Å². The fraction of sp³-hybridized carbons (Fsp3) is 0.294. The van der Waals surface area contributed by atoms with E-state index in [0.717, 1.165) is 10.5 Å². The van der Waals surface area contributed by atoms with Crippen molar-refractivity contribution in [3.8, 4) is 0 Å². The van der Waals surface area contributed by atoms with Crippen molar-refractivity contribution in [3.05, 3.63) is 60.4 Å². The molecule has 0 radical (unpaired) electrons. The van der Waals surface area contributed by atoms with E-state index in [1.165, 1.54) is 11.8 Å². The summed E-state index contributed by atoms with van der Waals surface area (Å²) in [6.07, 6.45) is 3.35. The Morgan fingerprint density at radius 1 is 1.23 bits per heavy atom. The summed E-state index contributed by atoms with van der Waals surface area (Å²) in [6.45, 7) is 1.90. The number of carbonyl (C=O) groups is 1. The minimum absolute atomic E-state index is 0.0328. The molecule has 4 nitrogen and oxygen atoms in total. The van der Waals surface area contributed by atoms with Gasteiger partial charge in [0, 0.05) is 23.3 Å². The molecule has 22 heavy (non-hydrogen) atoms. The first-order valence-electron chi connectivity index (χ1n) is 7.20. The first-order chi connectivity index (χ1) is 10.6. The lowest BCUT2D eigenvalue weighted by molar-refractivity contribution is -0.119. The van der Waals surface area contributed by atoms with Gasteiger partial charge in [0.05, 0.1) is 11.9 Å². The standard InChI is InChI=1S/C17H20N2O2S/c1-13(11-16(20)14-5-3-2-4-6-14)19-17(21)12-22-15-7-9-18-10-8-15/h2-10,13,16,20H,11-12H2,1H3,(H,19,21)/t13-,16+/m0/s1. The van der Waals surface area contributed by atoms with Crippen LogP contribution in [-0.4, -0.2) is 27.8 Å². The van der Waals surface area contributed by atoms with E-state index in [2.05, 4.69) is 10.3 Å². The lowest BCUT2D eigenvalue weighted by Gasteiger charge is -2.18. The van der Waals surface area contributed by atoms with Gasteiger partial charge >= 0.3 is 0 Å². The van der Waals surface area contributed by atoms with Crippen LogP contribution in [0.3, 0.4) is 0 Å². The SMILES string of the molecule is C[C@@H](C[C@@H](O)c1ccccc1)NC(=O)CSc1ccncc1. The van der Waals surface area contributed by atoms with E-state index in [4.69, 9.17) is 0 Å². The summed E-state index contributed by atoms with van der Waals surface area (Å²) in [4.78, 5) is 16.9. The van der Waals surface area contributed by atoms with Crippen LogP contribution in [0.5, 0.6) is 0 Å². The lowest BCUT2D eigenvalue weighted by Crippen LogP contribution is -2.34. The van der Waals surface area contributed by atoms with Gasteiger partial charge in [-0.3, -0.25) is 9.78 Å². The second kappa shape index (κ2) is 8.56. The molecule has 1 aromatic heterocycles. The Balaban J connectivity index is 1.74. The Morgan fingerprint density at radius 3 is 2.59 bits per heavy atom. The molecular formula is C17H20N2O2S. The molecule has 1 amide bonds. The molecule has 0 saturated carbocycles. The predicted molar refractivity (Wildman–Crippen MR) is 88.6 cm³/mol.